The second kappa shape index (κ2) is 5.88. The summed E-state index contributed by atoms with van der Waals surface area (Å²) in [4.78, 5) is 2.97. The number of nitrogens with two attached hydrogens (primary N) is 1. The van der Waals surface area contributed by atoms with Crippen molar-refractivity contribution in [1.82, 2.24) is 4.90 Å². The molecular weight excluding hydrogens is 290 g/mol. The molecule has 2 saturated heterocycles. The van der Waals surface area contributed by atoms with Crippen molar-refractivity contribution in [2.45, 2.75) is 37.8 Å². The van der Waals surface area contributed by atoms with Gasteiger partial charge in [-0.25, -0.2) is 0 Å². The van der Waals surface area contributed by atoms with Crippen LogP contribution in [0.1, 0.15) is 31.2 Å². The number of thiocarbonyl (C=S) groups is 1. The summed E-state index contributed by atoms with van der Waals surface area (Å²) in [5.74, 6) is 0. The summed E-state index contributed by atoms with van der Waals surface area (Å²) < 4.78 is 0. The van der Waals surface area contributed by atoms with E-state index < -0.39 is 0 Å². The van der Waals surface area contributed by atoms with Gasteiger partial charge in [0.2, 0.25) is 0 Å². The predicted molar refractivity (Wildman–Crippen MR) is 88.6 cm³/mol. The van der Waals surface area contributed by atoms with E-state index in [1.165, 1.54) is 38.8 Å². The lowest BCUT2D eigenvalue weighted by molar-refractivity contribution is 0.188. The first kappa shape index (κ1) is 14.1. The van der Waals surface area contributed by atoms with Crippen molar-refractivity contribution in [2.75, 3.05) is 18.4 Å². The Bertz CT molecular complexity index is 520. The molecule has 20 heavy (non-hydrogen) atoms. The number of halogens is 1. The van der Waals surface area contributed by atoms with E-state index in [0.29, 0.717) is 16.1 Å². The molecule has 2 atom stereocenters. The topological polar surface area (TPSA) is 41.3 Å². The van der Waals surface area contributed by atoms with Crippen LogP contribution < -0.4 is 11.1 Å². The number of piperidine rings is 1. The summed E-state index contributed by atoms with van der Waals surface area (Å²) in [5.41, 5.74) is 7.44. The number of hydrogen-bond acceptors (Lipinski definition) is 3. The van der Waals surface area contributed by atoms with E-state index in [-0.39, 0.29) is 0 Å². The highest BCUT2D eigenvalue weighted by molar-refractivity contribution is 7.80. The second-order valence-corrected chi connectivity index (χ2v) is 6.60. The molecule has 1 aromatic rings. The molecule has 2 aliphatic heterocycles. The van der Waals surface area contributed by atoms with Crippen LogP contribution in [0.3, 0.4) is 0 Å². The molecule has 0 aromatic heterocycles. The zero-order valence-electron chi connectivity index (χ0n) is 11.4. The molecule has 2 fully saturated rings. The summed E-state index contributed by atoms with van der Waals surface area (Å²) in [6.07, 6.45) is 5.13. The average molecular weight is 310 g/mol. The minimum absolute atomic E-state index is 0.348. The lowest BCUT2D eigenvalue weighted by Gasteiger charge is -2.35. The van der Waals surface area contributed by atoms with Gasteiger partial charge < -0.3 is 16.0 Å². The summed E-state index contributed by atoms with van der Waals surface area (Å²) >= 11 is 11.2. The van der Waals surface area contributed by atoms with Crippen LogP contribution in [0.15, 0.2) is 18.2 Å². The minimum Gasteiger partial charge on any atom is -0.389 e. The molecule has 3 rings (SSSR count). The van der Waals surface area contributed by atoms with Gasteiger partial charge in [0.1, 0.15) is 4.99 Å². The molecule has 3 nitrogen and oxygen atoms in total. The van der Waals surface area contributed by atoms with E-state index in [2.05, 4.69) is 10.2 Å². The van der Waals surface area contributed by atoms with E-state index in [1.54, 1.807) is 0 Å². The fraction of sp³-hybridized carbons (Fsp3) is 0.533. The highest BCUT2D eigenvalue weighted by Crippen LogP contribution is 2.29. The van der Waals surface area contributed by atoms with Crippen LogP contribution in [-0.2, 0) is 0 Å². The Morgan fingerprint density at radius 1 is 1.35 bits per heavy atom. The first-order valence-electron chi connectivity index (χ1n) is 7.23. The van der Waals surface area contributed by atoms with Gasteiger partial charge >= 0.3 is 0 Å². The Labute approximate surface area is 130 Å². The number of anilines is 1. The zero-order valence-corrected chi connectivity index (χ0v) is 13.0. The molecule has 0 radical (unpaired) electrons. The zero-order chi connectivity index (χ0) is 14.1. The number of nitrogens with zero attached hydrogens (tertiary/aromatic N) is 1. The number of rotatable bonds is 3. The molecule has 108 valence electrons. The summed E-state index contributed by atoms with van der Waals surface area (Å²) in [6.45, 7) is 2.49. The van der Waals surface area contributed by atoms with Gasteiger partial charge in [0.05, 0.1) is 5.02 Å². The largest absolute Gasteiger partial charge is 0.389 e. The lowest BCUT2D eigenvalue weighted by atomic mass is 9.97. The van der Waals surface area contributed by atoms with Crippen LogP contribution in [-0.4, -0.2) is 35.1 Å². The monoisotopic (exact) mass is 309 g/mol. The van der Waals surface area contributed by atoms with Crippen molar-refractivity contribution in [1.29, 1.82) is 0 Å². The van der Waals surface area contributed by atoms with Crippen LogP contribution in [0.5, 0.6) is 0 Å². The van der Waals surface area contributed by atoms with E-state index in [0.717, 1.165) is 17.3 Å². The fourth-order valence-electron chi connectivity index (χ4n) is 3.40. The minimum atomic E-state index is 0.348. The van der Waals surface area contributed by atoms with Crippen LogP contribution in [0.4, 0.5) is 5.69 Å². The van der Waals surface area contributed by atoms with Crippen LogP contribution in [0.2, 0.25) is 5.02 Å². The molecule has 0 amide bonds. The number of benzene rings is 1. The van der Waals surface area contributed by atoms with Crippen molar-refractivity contribution < 1.29 is 0 Å². The number of nitrogens with one attached hydrogen (secondary N) is 1. The standard InChI is InChI=1S/C15H20ClN3S/c16-14-9-10(3-4-13(14)15(17)20)18-11-5-7-19-6-1-2-12(19)8-11/h3-4,9,11-12,18H,1-2,5-8H2,(H2,17,20). The van der Waals surface area contributed by atoms with Gasteiger partial charge in [-0.3, -0.25) is 0 Å². The molecule has 3 N–H and O–H groups in total. The van der Waals surface area contributed by atoms with Crippen LogP contribution in [0.25, 0.3) is 0 Å². The van der Waals surface area contributed by atoms with Crippen molar-refractivity contribution in [2.24, 2.45) is 5.73 Å². The maximum Gasteiger partial charge on any atom is 0.105 e. The first-order valence-corrected chi connectivity index (χ1v) is 8.02. The second-order valence-electron chi connectivity index (χ2n) is 5.76. The maximum absolute atomic E-state index is 6.22. The molecule has 5 heteroatoms. The quantitative estimate of drug-likeness (QED) is 0.842. The molecule has 2 aliphatic rings. The third-order valence-electron chi connectivity index (χ3n) is 4.43. The third-order valence-corrected chi connectivity index (χ3v) is 4.96. The average Bonchev–Trinajstić information content (AvgIpc) is 2.85. The molecule has 2 heterocycles. The summed E-state index contributed by atoms with van der Waals surface area (Å²) in [7, 11) is 0. The highest BCUT2D eigenvalue weighted by Gasteiger charge is 2.31. The normalized spacial score (nSPS) is 26.2. The summed E-state index contributed by atoms with van der Waals surface area (Å²) in [6, 6.07) is 7.16. The molecule has 0 saturated carbocycles. The highest BCUT2D eigenvalue weighted by atomic mass is 35.5. The Kier molecular flexibility index (Phi) is 4.15. The Morgan fingerprint density at radius 3 is 2.95 bits per heavy atom. The first-order chi connectivity index (χ1) is 9.63. The van der Waals surface area contributed by atoms with Crippen molar-refractivity contribution in [3.63, 3.8) is 0 Å². The van der Waals surface area contributed by atoms with Crippen LogP contribution in [0, 0.1) is 0 Å². The fourth-order valence-corrected chi connectivity index (χ4v) is 3.91. The SMILES string of the molecule is NC(=S)c1ccc(NC2CCN3CCCC3C2)cc1Cl. The lowest BCUT2D eigenvalue weighted by Crippen LogP contribution is -2.42. The molecule has 1 aromatic carbocycles. The van der Waals surface area contributed by atoms with E-state index in [4.69, 9.17) is 29.6 Å². The van der Waals surface area contributed by atoms with E-state index in [9.17, 15) is 0 Å². The maximum atomic E-state index is 6.22. The van der Waals surface area contributed by atoms with Crippen molar-refractivity contribution in [3.8, 4) is 0 Å². The van der Waals surface area contributed by atoms with E-state index >= 15 is 0 Å². The van der Waals surface area contributed by atoms with Crippen molar-refractivity contribution >= 4 is 34.5 Å². The van der Waals surface area contributed by atoms with E-state index in [1.807, 2.05) is 18.2 Å². The van der Waals surface area contributed by atoms with Gasteiger partial charge in [-0.15, -0.1) is 0 Å². The molecule has 0 bridgehead atoms. The number of hydrogen-bond donors (Lipinski definition) is 2. The number of fused-ring (bicyclic) bond motifs is 1. The van der Waals surface area contributed by atoms with Gasteiger partial charge in [-0.05, 0) is 50.4 Å². The van der Waals surface area contributed by atoms with Crippen molar-refractivity contribution in [3.05, 3.63) is 28.8 Å². The Balaban J connectivity index is 1.66. The molecule has 0 spiro atoms. The smallest absolute Gasteiger partial charge is 0.105 e. The third kappa shape index (κ3) is 2.92. The van der Waals surface area contributed by atoms with Gasteiger partial charge in [0.15, 0.2) is 0 Å². The van der Waals surface area contributed by atoms with Gasteiger partial charge in [-0.1, -0.05) is 23.8 Å². The van der Waals surface area contributed by atoms with Crippen LogP contribution >= 0.6 is 23.8 Å². The van der Waals surface area contributed by atoms with Gasteiger partial charge in [-0.2, -0.15) is 0 Å². The Hall–Kier alpha value is -0.840. The van der Waals surface area contributed by atoms with Gasteiger partial charge in [0, 0.05) is 29.9 Å². The Morgan fingerprint density at radius 2 is 2.20 bits per heavy atom. The summed E-state index contributed by atoms with van der Waals surface area (Å²) in [5, 5.41) is 4.23. The van der Waals surface area contributed by atoms with Gasteiger partial charge in [0.25, 0.3) is 0 Å². The molecule has 0 aliphatic carbocycles. The predicted octanol–water partition coefficient (Wildman–Crippen LogP) is 3.01. The molecular formula is C15H20ClN3S. The molecule has 2 unspecified atom stereocenters.